The summed E-state index contributed by atoms with van der Waals surface area (Å²) in [5, 5.41) is 19.2. The van der Waals surface area contributed by atoms with E-state index < -0.39 is 41.9 Å². The summed E-state index contributed by atoms with van der Waals surface area (Å²) < 4.78 is 16.1. The van der Waals surface area contributed by atoms with E-state index >= 15 is 0 Å². The summed E-state index contributed by atoms with van der Waals surface area (Å²) in [6, 6.07) is 3.95. The second-order valence-corrected chi connectivity index (χ2v) is 14.3. The highest BCUT2D eigenvalue weighted by Crippen LogP contribution is 2.13. The molecule has 0 unspecified atom stereocenters. The van der Waals surface area contributed by atoms with Crippen LogP contribution in [-0.2, 0) is 40.0 Å². The van der Waals surface area contributed by atoms with Crippen LogP contribution in [0.4, 0.5) is 15.3 Å². The molecule has 314 valence electrons. The quantitative estimate of drug-likeness (QED) is 0.0337. The number of ether oxygens (including phenoxy) is 3. The molecular formula is C35H58N10O9S2. The Morgan fingerprint density at radius 1 is 0.946 bits per heavy atom. The Kier molecular flexibility index (Phi) is 23.9. The summed E-state index contributed by atoms with van der Waals surface area (Å²) >= 11 is 3.18. The molecule has 0 fully saturated rings. The third kappa shape index (κ3) is 20.5. The first-order valence-corrected chi connectivity index (χ1v) is 21.0. The van der Waals surface area contributed by atoms with Gasteiger partial charge in [-0.05, 0) is 55.9 Å². The highest BCUT2D eigenvalue weighted by Gasteiger charge is 2.29. The monoisotopic (exact) mass is 826 g/mol. The number of rotatable bonds is 28. The normalized spacial score (nSPS) is 13.1. The highest BCUT2D eigenvalue weighted by molar-refractivity contribution is 8.00. The summed E-state index contributed by atoms with van der Waals surface area (Å²) in [4.78, 5) is 68.3. The maximum absolute atomic E-state index is 13.4. The van der Waals surface area contributed by atoms with E-state index in [0.717, 1.165) is 11.4 Å². The van der Waals surface area contributed by atoms with Crippen molar-refractivity contribution in [1.29, 1.82) is 0 Å². The van der Waals surface area contributed by atoms with Crippen molar-refractivity contribution in [3.63, 3.8) is 0 Å². The van der Waals surface area contributed by atoms with Crippen LogP contribution in [0.3, 0.4) is 0 Å². The van der Waals surface area contributed by atoms with Gasteiger partial charge in [0.1, 0.15) is 18.7 Å². The molecule has 0 aliphatic carbocycles. The number of anilines is 1. The summed E-state index contributed by atoms with van der Waals surface area (Å²) in [5.41, 5.74) is 13.7. The van der Waals surface area contributed by atoms with Crippen LogP contribution in [0.15, 0.2) is 41.3 Å². The fourth-order valence-corrected chi connectivity index (χ4v) is 5.93. The molecular weight excluding hydrogens is 769 g/mol. The number of nitrogens with zero attached hydrogens (tertiary/aromatic N) is 2. The molecule has 6 amide bonds. The molecule has 21 heteroatoms. The average Bonchev–Trinajstić information content (AvgIpc) is 3.62. The Labute approximate surface area is 337 Å². The summed E-state index contributed by atoms with van der Waals surface area (Å²) in [7, 11) is 0. The molecule has 2 atom stereocenters. The molecule has 2 rings (SSSR count). The maximum Gasteiger partial charge on any atom is 0.407 e. The van der Waals surface area contributed by atoms with Gasteiger partial charge in [-0.15, -0.1) is 5.53 Å². The van der Waals surface area contributed by atoms with Crippen LogP contribution >= 0.6 is 23.5 Å². The predicted molar refractivity (Wildman–Crippen MR) is 217 cm³/mol. The van der Waals surface area contributed by atoms with Crippen molar-refractivity contribution in [3.8, 4) is 0 Å². The standard InChI is InChI=1S/C35H58N10O9S2/c1-6-51-16-17-52-15-14-45-19-27(42-44-45)18-38-35(50)53-20-25-9-11-26(12-10-25)39-32(47)29(8-7-13-37-34(36)49)40-33(48)31(24(2)3)41-30(46)21-54-43-28(22-55-4)23-56-5/h9-12,19,24,29,31,42,44H,6-8,13-18,20-23H2,1-5H3,(H,38,50)(H,39,47)(H,40,48)(H,41,46)(H3,36,37,49)/t29-,31-/m0/s1. The number of oxime groups is 1. The van der Waals surface area contributed by atoms with E-state index in [1.165, 1.54) is 0 Å². The zero-order chi connectivity index (χ0) is 41.1. The van der Waals surface area contributed by atoms with Gasteiger partial charge >= 0.3 is 12.1 Å². The van der Waals surface area contributed by atoms with E-state index in [2.05, 4.69) is 42.7 Å². The van der Waals surface area contributed by atoms with Crippen LogP contribution in [0.2, 0.25) is 0 Å². The Balaban J connectivity index is 1.90. The van der Waals surface area contributed by atoms with Gasteiger partial charge in [0.25, 0.3) is 5.91 Å². The minimum Gasteiger partial charge on any atom is -0.445 e. The third-order valence-electron chi connectivity index (χ3n) is 7.62. The predicted octanol–water partition coefficient (Wildman–Crippen LogP) is 1.24. The Bertz CT molecular complexity index is 1430. The number of urea groups is 1. The number of benzene rings is 1. The Hall–Kier alpha value is -4.44. The number of hydrogen-bond donors (Lipinski definition) is 8. The number of carbonyl (C=O) groups excluding carboxylic acids is 5. The van der Waals surface area contributed by atoms with E-state index in [1.807, 2.05) is 25.6 Å². The molecule has 0 spiro atoms. The molecule has 9 N–H and O–H groups in total. The molecule has 0 radical (unpaired) electrons. The van der Waals surface area contributed by atoms with Gasteiger partial charge in [-0.1, -0.05) is 31.1 Å². The van der Waals surface area contributed by atoms with Crippen LogP contribution in [0.5, 0.6) is 0 Å². The fourth-order valence-electron chi connectivity index (χ4n) is 4.82. The molecule has 1 aromatic rings. The van der Waals surface area contributed by atoms with Gasteiger partial charge in [0.2, 0.25) is 11.8 Å². The summed E-state index contributed by atoms with van der Waals surface area (Å²) in [6.07, 6.45) is 5.57. The maximum atomic E-state index is 13.4. The molecule has 1 aromatic carbocycles. The lowest BCUT2D eigenvalue weighted by atomic mass is 10.0. The van der Waals surface area contributed by atoms with Crippen molar-refractivity contribution in [3.05, 3.63) is 41.7 Å². The first kappa shape index (κ1) is 47.7. The second kappa shape index (κ2) is 28.0. The van der Waals surface area contributed by atoms with E-state index in [0.29, 0.717) is 62.1 Å². The number of hydrazine groups is 2. The Morgan fingerprint density at radius 3 is 2.32 bits per heavy atom. The minimum absolute atomic E-state index is 0.0159. The first-order valence-electron chi connectivity index (χ1n) is 18.2. The smallest absolute Gasteiger partial charge is 0.407 e. The van der Waals surface area contributed by atoms with Crippen LogP contribution in [0.25, 0.3) is 0 Å². The zero-order valence-electron chi connectivity index (χ0n) is 32.8. The minimum atomic E-state index is -1.02. The van der Waals surface area contributed by atoms with E-state index in [-0.39, 0.29) is 38.6 Å². The molecule has 1 aliphatic rings. The largest absolute Gasteiger partial charge is 0.445 e. The van der Waals surface area contributed by atoms with Crippen molar-refractivity contribution < 1.29 is 43.0 Å². The van der Waals surface area contributed by atoms with Crippen LogP contribution in [-0.4, -0.2) is 129 Å². The number of carbonyl (C=O) groups is 5. The van der Waals surface area contributed by atoms with Crippen molar-refractivity contribution >= 4 is 64.8 Å². The number of primary amides is 1. The van der Waals surface area contributed by atoms with Gasteiger partial charge < -0.3 is 56.8 Å². The van der Waals surface area contributed by atoms with Gasteiger partial charge in [0, 0.05) is 36.5 Å². The first-order chi connectivity index (χ1) is 26.9. The van der Waals surface area contributed by atoms with Gasteiger partial charge in [0.05, 0.1) is 44.3 Å². The molecule has 0 saturated heterocycles. The number of hydrogen-bond acceptors (Lipinski definition) is 15. The molecule has 0 aromatic heterocycles. The SMILES string of the molecule is CCOCCOCCN1C=C(CNC(=O)OCc2ccc(NC(=O)[C@H](CCCNC(N)=O)NC(=O)[C@@H](NC(=O)CON=C(CSC)CSC)C(C)C)cc2)NN1. The number of amides is 6. The highest BCUT2D eigenvalue weighted by atomic mass is 32.2. The zero-order valence-corrected chi connectivity index (χ0v) is 34.4. The molecule has 0 bridgehead atoms. The molecule has 56 heavy (non-hydrogen) atoms. The summed E-state index contributed by atoms with van der Waals surface area (Å²) in [6.45, 7) is 8.27. The van der Waals surface area contributed by atoms with Gasteiger partial charge in [-0.2, -0.15) is 23.5 Å². The van der Waals surface area contributed by atoms with Gasteiger partial charge in [0.15, 0.2) is 6.61 Å². The average molecular weight is 827 g/mol. The van der Waals surface area contributed by atoms with Crippen molar-refractivity contribution in [2.45, 2.75) is 52.3 Å². The topological polar surface area (TPSA) is 248 Å². The van der Waals surface area contributed by atoms with Crippen LogP contribution < -0.4 is 43.3 Å². The van der Waals surface area contributed by atoms with E-state index in [1.54, 1.807) is 66.6 Å². The molecule has 1 aliphatic heterocycles. The summed E-state index contributed by atoms with van der Waals surface area (Å²) in [5.74, 6) is -0.615. The third-order valence-corrected chi connectivity index (χ3v) is 8.86. The van der Waals surface area contributed by atoms with Crippen LogP contribution in [0, 0.1) is 5.92 Å². The number of thioether (sulfide) groups is 2. The van der Waals surface area contributed by atoms with Crippen molar-refractivity contribution in [1.82, 2.24) is 37.2 Å². The number of alkyl carbamates (subject to hydrolysis) is 1. The lowest BCUT2D eigenvalue weighted by molar-refractivity contribution is -0.133. The van der Waals surface area contributed by atoms with E-state index in [4.69, 9.17) is 24.8 Å². The molecule has 19 nitrogen and oxygen atoms in total. The second-order valence-electron chi connectivity index (χ2n) is 12.6. The van der Waals surface area contributed by atoms with Crippen LogP contribution in [0.1, 0.15) is 39.2 Å². The molecule has 1 heterocycles. The molecule has 0 saturated carbocycles. The number of nitrogens with two attached hydrogens (primary N) is 1. The lowest BCUT2D eigenvalue weighted by Crippen LogP contribution is -2.55. The van der Waals surface area contributed by atoms with E-state index in [9.17, 15) is 24.0 Å². The van der Waals surface area contributed by atoms with Gasteiger partial charge in [-0.25, -0.2) is 9.59 Å². The van der Waals surface area contributed by atoms with Gasteiger partial charge in [-0.3, -0.25) is 19.4 Å². The fraction of sp³-hybridized carbons (Fsp3) is 0.600. The van der Waals surface area contributed by atoms with Crippen molar-refractivity contribution in [2.24, 2.45) is 16.8 Å². The van der Waals surface area contributed by atoms with Crippen molar-refractivity contribution in [2.75, 3.05) is 82.0 Å². The number of nitrogens with one attached hydrogen (secondary N) is 7. The lowest BCUT2D eigenvalue weighted by Gasteiger charge is -2.25. The Morgan fingerprint density at radius 2 is 1.66 bits per heavy atom.